The second kappa shape index (κ2) is 16.2. The topological polar surface area (TPSA) is 90.1 Å². The second-order valence-electron chi connectivity index (χ2n) is 18.4. The number of hydrogen-bond acceptors (Lipinski definition) is 8. The number of para-hydroxylation sites is 1. The van der Waals surface area contributed by atoms with Gasteiger partial charge in [0.2, 0.25) is 0 Å². The van der Waals surface area contributed by atoms with Crippen molar-refractivity contribution in [2.24, 2.45) is 0 Å². The molecule has 0 aliphatic carbocycles. The number of carboxylic acids is 1. The first-order chi connectivity index (χ1) is 31.3. The minimum absolute atomic E-state index is 0.0924. The van der Waals surface area contributed by atoms with Crippen molar-refractivity contribution in [2.45, 2.75) is 52.4 Å². The third-order valence-electron chi connectivity index (χ3n) is 12.1. The van der Waals surface area contributed by atoms with Gasteiger partial charge in [-0.25, -0.2) is 4.79 Å². The highest BCUT2D eigenvalue weighted by atomic mass is 32.1. The molecule has 6 nitrogen and oxygen atoms in total. The van der Waals surface area contributed by atoms with Gasteiger partial charge in [-0.3, -0.25) is 0 Å². The van der Waals surface area contributed by atoms with Gasteiger partial charge in [0.1, 0.15) is 22.7 Å². The van der Waals surface area contributed by atoms with Crippen LogP contribution in [0.1, 0.15) is 57.5 Å². The molecule has 65 heavy (non-hydrogen) atoms. The summed E-state index contributed by atoms with van der Waals surface area (Å²) in [5, 5.41) is 25.9. The molecular weight excluding hydrogens is 857 g/mol. The van der Waals surface area contributed by atoms with Crippen molar-refractivity contribution in [1.29, 1.82) is 5.26 Å². The number of carbonyl (C=O) groups is 1. The van der Waals surface area contributed by atoms with Crippen molar-refractivity contribution in [3.8, 4) is 37.4 Å². The number of aromatic nitrogens is 2. The first kappa shape index (κ1) is 42.0. The number of nitrogens with zero attached hydrogens (tertiary/aromatic N) is 4. The van der Waals surface area contributed by atoms with Crippen LogP contribution in [-0.4, -0.2) is 19.8 Å². The van der Waals surface area contributed by atoms with Crippen molar-refractivity contribution in [3.63, 3.8) is 0 Å². The summed E-state index contributed by atoms with van der Waals surface area (Å²) in [7, 11) is 0. The van der Waals surface area contributed by atoms with E-state index in [-0.39, 0.29) is 16.4 Å². The molecule has 7 aromatic carbocycles. The summed E-state index contributed by atoms with van der Waals surface area (Å²) in [6.07, 6.45) is 1.41. The molecule has 3 heterocycles. The molecule has 1 N–H and O–H groups in total. The number of aliphatic carboxylic acids is 1. The number of rotatable bonds is 8. The van der Waals surface area contributed by atoms with E-state index in [1.165, 1.54) is 78.1 Å². The molecule has 10 aromatic rings. The van der Waals surface area contributed by atoms with Crippen molar-refractivity contribution in [2.75, 3.05) is 4.90 Å². The van der Waals surface area contributed by atoms with Gasteiger partial charge in [0.05, 0.1) is 23.1 Å². The highest BCUT2D eigenvalue weighted by Gasteiger charge is 2.27. The van der Waals surface area contributed by atoms with Crippen LogP contribution in [-0.2, 0) is 15.6 Å². The zero-order chi connectivity index (χ0) is 45.2. The minimum Gasteiger partial charge on any atom is -0.477 e. The van der Waals surface area contributed by atoms with E-state index in [4.69, 9.17) is 8.75 Å². The highest BCUT2D eigenvalue weighted by Crippen LogP contribution is 2.52. The lowest BCUT2D eigenvalue weighted by molar-refractivity contribution is -0.132. The Balaban J connectivity index is 1.22. The Kier molecular flexibility index (Phi) is 10.5. The number of hydrogen-bond donors (Lipinski definition) is 1. The summed E-state index contributed by atoms with van der Waals surface area (Å²) in [5.41, 5.74) is 10.1. The molecule has 0 bridgehead atoms. The maximum atomic E-state index is 11.5. The van der Waals surface area contributed by atoms with Gasteiger partial charge >= 0.3 is 5.97 Å². The Morgan fingerprint density at radius 3 is 1.89 bits per heavy atom. The number of carboxylic acid groups (broad SMARTS) is 1. The Hall–Kier alpha value is -6.96. The van der Waals surface area contributed by atoms with Gasteiger partial charge < -0.3 is 10.0 Å². The third kappa shape index (κ3) is 7.57. The molecule has 0 spiro atoms. The number of nitriles is 1. The summed E-state index contributed by atoms with van der Waals surface area (Å²) in [4.78, 5) is 17.9. The van der Waals surface area contributed by atoms with Crippen molar-refractivity contribution in [1.82, 2.24) is 8.75 Å². The molecule has 0 fully saturated rings. The van der Waals surface area contributed by atoms with E-state index in [9.17, 15) is 15.2 Å². The van der Waals surface area contributed by atoms with Crippen LogP contribution in [0.15, 0.2) is 151 Å². The molecule has 0 radical (unpaired) electrons. The van der Waals surface area contributed by atoms with E-state index in [1.54, 1.807) is 17.4 Å². The van der Waals surface area contributed by atoms with Gasteiger partial charge in [0, 0.05) is 58.0 Å². The molecule has 0 unspecified atom stereocenters. The van der Waals surface area contributed by atoms with E-state index in [2.05, 4.69) is 180 Å². The van der Waals surface area contributed by atoms with Gasteiger partial charge in [-0.2, -0.15) is 14.0 Å². The largest absolute Gasteiger partial charge is 0.477 e. The summed E-state index contributed by atoms with van der Waals surface area (Å²) >= 11 is 4.37. The highest BCUT2D eigenvalue weighted by molar-refractivity contribution is 7.19. The fourth-order valence-corrected chi connectivity index (χ4v) is 11.4. The van der Waals surface area contributed by atoms with Crippen LogP contribution < -0.4 is 4.90 Å². The average Bonchev–Trinajstić information content (AvgIpc) is 4.10. The first-order valence-corrected chi connectivity index (χ1v) is 23.8. The van der Waals surface area contributed by atoms with Gasteiger partial charge in [-0.05, 0) is 98.8 Å². The molecule has 0 aliphatic rings. The SMILES string of the molecule is CC(C)(C)c1ccc2c(N(c3ccccc3)c3cccc4ccccc34)c3cc(C(C)(C)C)ccc3c(-c3ccc(-c4ccc(-c5ccc(/C=C(/C#N)C(=O)O)s5)c5nsnc45)s3)c2c1. The molecule has 9 heteroatoms. The summed E-state index contributed by atoms with van der Waals surface area (Å²) < 4.78 is 9.61. The van der Waals surface area contributed by atoms with E-state index < -0.39 is 5.97 Å². The van der Waals surface area contributed by atoms with Gasteiger partial charge in [-0.15, -0.1) is 22.7 Å². The van der Waals surface area contributed by atoms with Gasteiger partial charge in [0.15, 0.2) is 0 Å². The summed E-state index contributed by atoms with van der Waals surface area (Å²) in [5.74, 6) is -1.25. The van der Waals surface area contributed by atoms with Crippen LogP contribution in [0, 0.1) is 11.3 Å². The molecule has 0 atom stereocenters. The van der Waals surface area contributed by atoms with Crippen LogP contribution in [0.4, 0.5) is 17.1 Å². The molecule has 3 aromatic heterocycles. The fourth-order valence-electron chi connectivity index (χ4n) is 8.75. The molecular formula is C56H44N4O2S3. The number of fused-ring (bicyclic) bond motifs is 4. The lowest BCUT2D eigenvalue weighted by Crippen LogP contribution is -2.14. The smallest absolute Gasteiger partial charge is 0.346 e. The van der Waals surface area contributed by atoms with Crippen LogP contribution in [0.3, 0.4) is 0 Å². The van der Waals surface area contributed by atoms with Crippen molar-refractivity contribution in [3.05, 3.63) is 167 Å². The molecule has 0 aliphatic heterocycles. The predicted molar refractivity (Wildman–Crippen MR) is 275 cm³/mol. The zero-order valence-electron chi connectivity index (χ0n) is 36.8. The van der Waals surface area contributed by atoms with Crippen LogP contribution in [0.25, 0.3) is 80.7 Å². The Labute approximate surface area is 390 Å². The monoisotopic (exact) mass is 900 g/mol. The minimum atomic E-state index is -1.25. The van der Waals surface area contributed by atoms with E-state index in [0.717, 1.165) is 53.9 Å². The third-order valence-corrected chi connectivity index (χ3v) is 14.9. The number of anilines is 3. The summed E-state index contributed by atoms with van der Waals surface area (Å²) in [6.45, 7) is 13.7. The second-order valence-corrected chi connectivity index (χ2v) is 21.1. The van der Waals surface area contributed by atoms with Gasteiger partial charge in [-0.1, -0.05) is 133 Å². The first-order valence-electron chi connectivity index (χ1n) is 21.5. The van der Waals surface area contributed by atoms with Crippen LogP contribution in [0.5, 0.6) is 0 Å². The Morgan fingerprint density at radius 1 is 0.615 bits per heavy atom. The lowest BCUT2D eigenvalue weighted by atomic mass is 9.82. The Bertz CT molecular complexity index is 3570. The average molecular weight is 901 g/mol. The maximum absolute atomic E-state index is 11.5. The Morgan fingerprint density at radius 2 is 1.22 bits per heavy atom. The standard InChI is InChI=1S/C56H44N4O2S3/c1-55(2,3)35-20-23-41-44(30-35)50(49-28-27-48(64-49)43-25-24-42(51-52(43)59-65-58-51)47-26-21-38(63-47)29-34(32-57)54(61)62)40-22-19-36(56(4,5)6)31-45(40)53(41)60(37-15-8-7-9-16-37)46-18-12-14-33-13-10-11-17-39(33)46/h7-31H,1-6H3,(H,61,62)/b34-29-. The zero-order valence-corrected chi connectivity index (χ0v) is 39.3. The molecule has 0 amide bonds. The number of thiophene rings is 2. The lowest BCUT2D eigenvalue weighted by Gasteiger charge is -2.31. The molecule has 10 rings (SSSR count). The van der Waals surface area contributed by atoms with Crippen molar-refractivity contribution < 1.29 is 9.90 Å². The fraction of sp³-hybridized carbons (Fsp3) is 0.143. The molecule has 0 saturated carbocycles. The van der Waals surface area contributed by atoms with Crippen molar-refractivity contribution >= 4 is 107 Å². The summed E-state index contributed by atoms with van der Waals surface area (Å²) in [6, 6.07) is 54.5. The van der Waals surface area contributed by atoms with Gasteiger partial charge in [0.25, 0.3) is 0 Å². The van der Waals surface area contributed by atoms with E-state index in [1.807, 2.05) is 12.1 Å². The normalized spacial score (nSPS) is 12.4. The molecule has 318 valence electrons. The quantitative estimate of drug-likeness (QED) is 0.0928. The van der Waals surface area contributed by atoms with E-state index >= 15 is 0 Å². The number of benzene rings is 7. The predicted octanol–water partition coefficient (Wildman–Crippen LogP) is 16.3. The van der Waals surface area contributed by atoms with Crippen LogP contribution in [0.2, 0.25) is 0 Å². The van der Waals surface area contributed by atoms with Crippen LogP contribution >= 0.6 is 34.4 Å². The van der Waals surface area contributed by atoms with E-state index in [0.29, 0.717) is 4.88 Å². The molecule has 0 saturated heterocycles. The maximum Gasteiger partial charge on any atom is 0.346 e.